The number of hydrogen-bond acceptors (Lipinski definition) is 3. The smallest absolute Gasteiger partial charge is 0.223 e. The van der Waals surface area contributed by atoms with Crippen molar-refractivity contribution in [1.29, 1.82) is 0 Å². The predicted octanol–water partition coefficient (Wildman–Crippen LogP) is 1.74. The molecule has 0 radical (unpaired) electrons. The molecular formula is C12H14BrClN2O3S. The number of sulfonamides is 1. The van der Waals surface area contributed by atoms with Crippen molar-refractivity contribution in [3.8, 4) is 0 Å². The van der Waals surface area contributed by atoms with Gasteiger partial charge in [-0.05, 0) is 33.6 Å². The molecule has 5 nitrogen and oxygen atoms in total. The summed E-state index contributed by atoms with van der Waals surface area (Å²) in [5, 5.41) is 5.62. The number of amides is 1. The fourth-order valence-corrected chi connectivity index (χ4v) is 3.73. The lowest BCUT2D eigenvalue weighted by Crippen LogP contribution is -2.27. The fraction of sp³-hybridized carbons (Fsp3) is 0.417. The van der Waals surface area contributed by atoms with E-state index in [0.717, 1.165) is 10.0 Å². The molecule has 2 rings (SSSR count). The van der Waals surface area contributed by atoms with Gasteiger partial charge < -0.3 is 4.90 Å². The van der Waals surface area contributed by atoms with Gasteiger partial charge in [0.05, 0.1) is 10.8 Å². The van der Waals surface area contributed by atoms with Crippen molar-refractivity contribution in [2.45, 2.75) is 13.0 Å². The zero-order chi connectivity index (χ0) is 14.9. The molecule has 8 heteroatoms. The Hall–Kier alpha value is -0.630. The number of likely N-dealkylation sites (tertiary alicyclic amines) is 1. The van der Waals surface area contributed by atoms with E-state index >= 15 is 0 Å². The molecule has 0 saturated carbocycles. The molecule has 1 aliphatic heterocycles. The second-order valence-corrected chi connectivity index (χ2v) is 7.84. The first kappa shape index (κ1) is 15.8. The maximum absolute atomic E-state index is 11.9. The van der Waals surface area contributed by atoms with Crippen LogP contribution in [0, 0.1) is 5.92 Å². The minimum absolute atomic E-state index is 0.0512. The van der Waals surface area contributed by atoms with E-state index in [2.05, 4.69) is 15.9 Å². The SMILES string of the molecule is NS(=O)(=O)CC1CC(=O)N(Cc2ccc(Cl)c(Br)c2)C1. The summed E-state index contributed by atoms with van der Waals surface area (Å²) in [7, 11) is -3.54. The van der Waals surface area contributed by atoms with Crippen LogP contribution in [-0.2, 0) is 21.4 Å². The van der Waals surface area contributed by atoms with Gasteiger partial charge in [0, 0.05) is 29.9 Å². The Morgan fingerprint density at radius 3 is 2.75 bits per heavy atom. The van der Waals surface area contributed by atoms with Crippen LogP contribution in [0.5, 0.6) is 0 Å². The number of primary sulfonamides is 1. The quantitative estimate of drug-likeness (QED) is 0.862. The monoisotopic (exact) mass is 380 g/mol. The van der Waals surface area contributed by atoms with E-state index in [9.17, 15) is 13.2 Å². The van der Waals surface area contributed by atoms with Gasteiger partial charge >= 0.3 is 0 Å². The standard InChI is InChI=1S/C12H14BrClN2O3S/c13-10-3-8(1-2-11(10)14)5-16-6-9(4-12(16)17)7-20(15,18)19/h1-3,9H,4-7H2,(H2,15,18,19). The molecule has 1 aliphatic rings. The number of carbonyl (C=O) groups excluding carboxylic acids is 1. The lowest BCUT2D eigenvalue weighted by molar-refractivity contribution is -0.128. The molecule has 0 aliphatic carbocycles. The molecule has 0 spiro atoms. The van der Waals surface area contributed by atoms with E-state index in [1.807, 2.05) is 12.1 Å². The van der Waals surface area contributed by atoms with Crippen molar-refractivity contribution in [3.63, 3.8) is 0 Å². The highest BCUT2D eigenvalue weighted by Crippen LogP contribution is 2.26. The van der Waals surface area contributed by atoms with Crippen molar-refractivity contribution in [3.05, 3.63) is 33.3 Å². The normalized spacial score (nSPS) is 19.6. The fourth-order valence-electron chi connectivity index (χ4n) is 2.31. The average molecular weight is 382 g/mol. The summed E-state index contributed by atoms with van der Waals surface area (Å²) >= 11 is 9.24. The van der Waals surface area contributed by atoms with Crippen LogP contribution in [0.15, 0.2) is 22.7 Å². The van der Waals surface area contributed by atoms with Crippen LogP contribution >= 0.6 is 27.5 Å². The first-order valence-corrected chi connectivity index (χ1v) is 8.85. The number of rotatable bonds is 4. The third kappa shape index (κ3) is 4.18. The van der Waals surface area contributed by atoms with Gasteiger partial charge in [0.1, 0.15) is 0 Å². The maximum Gasteiger partial charge on any atom is 0.223 e. The van der Waals surface area contributed by atoms with Crippen molar-refractivity contribution in [2.75, 3.05) is 12.3 Å². The zero-order valence-electron chi connectivity index (χ0n) is 10.6. The molecule has 1 atom stereocenters. The summed E-state index contributed by atoms with van der Waals surface area (Å²) in [6.45, 7) is 0.852. The van der Waals surface area contributed by atoms with Gasteiger partial charge in [0.15, 0.2) is 0 Å². The van der Waals surface area contributed by atoms with E-state index in [1.165, 1.54) is 0 Å². The number of nitrogens with zero attached hydrogens (tertiary/aromatic N) is 1. The highest BCUT2D eigenvalue weighted by atomic mass is 79.9. The third-order valence-electron chi connectivity index (χ3n) is 3.12. The molecule has 20 heavy (non-hydrogen) atoms. The van der Waals surface area contributed by atoms with E-state index in [-0.39, 0.29) is 24.0 Å². The van der Waals surface area contributed by atoms with Crippen LogP contribution in [0.3, 0.4) is 0 Å². The lowest BCUT2D eigenvalue weighted by atomic mass is 10.1. The van der Waals surface area contributed by atoms with E-state index in [1.54, 1.807) is 11.0 Å². The molecule has 1 unspecified atom stereocenters. The first-order valence-electron chi connectivity index (χ1n) is 5.97. The Balaban J connectivity index is 2.03. The van der Waals surface area contributed by atoms with Gasteiger partial charge in [-0.3, -0.25) is 4.79 Å². The topological polar surface area (TPSA) is 80.5 Å². The number of benzene rings is 1. The van der Waals surface area contributed by atoms with Crippen molar-refractivity contribution in [2.24, 2.45) is 11.1 Å². The molecular weight excluding hydrogens is 368 g/mol. The van der Waals surface area contributed by atoms with Gasteiger partial charge in [-0.15, -0.1) is 0 Å². The highest BCUT2D eigenvalue weighted by molar-refractivity contribution is 9.10. The number of halogens is 2. The summed E-state index contributed by atoms with van der Waals surface area (Å²) in [6, 6.07) is 5.44. The summed E-state index contributed by atoms with van der Waals surface area (Å²) in [4.78, 5) is 13.5. The van der Waals surface area contributed by atoms with Gasteiger partial charge in [0.2, 0.25) is 15.9 Å². The average Bonchev–Trinajstić information content (AvgIpc) is 2.62. The van der Waals surface area contributed by atoms with Crippen LogP contribution in [-0.4, -0.2) is 31.5 Å². The first-order chi connectivity index (χ1) is 9.24. The van der Waals surface area contributed by atoms with Crippen molar-refractivity contribution >= 4 is 43.5 Å². The maximum atomic E-state index is 11.9. The summed E-state index contributed by atoms with van der Waals surface area (Å²) in [5.41, 5.74) is 0.936. The number of nitrogens with two attached hydrogens (primary N) is 1. The Bertz CT molecular complexity index is 636. The van der Waals surface area contributed by atoms with Gasteiger partial charge in [-0.25, -0.2) is 13.6 Å². The van der Waals surface area contributed by atoms with Crippen LogP contribution in [0.25, 0.3) is 0 Å². The van der Waals surface area contributed by atoms with Crippen LogP contribution in [0.4, 0.5) is 0 Å². The van der Waals surface area contributed by atoms with Crippen LogP contribution in [0.1, 0.15) is 12.0 Å². The Morgan fingerprint density at radius 2 is 2.15 bits per heavy atom. The Morgan fingerprint density at radius 1 is 1.45 bits per heavy atom. The van der Waals surface area contributed by atoms with Crippen LogP contribution < -0.4 is 5.14 Å². The highest BCUT2D eigenvalue weighted by Gasteiger charge is 2.31. The molecule has 1 fully saturated rings. The largest absolute Gasteiger partial charge is 0.338 e. The lowest BCUT2D eigenvalue weighted by Gasteiger charge is -2.17. The number of carbonyl (C=O) groups is 1. The summed E-state index contributed by atoms with van der Waals surface area (Å²) in [6.07, 6.45) is 0.227. The molecule has 0 bridgehead atoms. The Labute approximate surface area is 131 Å². The van der Waals surface area contributed by atoms with Crippen molar-refractivity contribution < 1.29 is 13.2 Å². The zero-order valence-corrected chi connectivity index (χ0v) is 13.7. The summed E-state index contributed by atoms with van der Waals surface area (Å²) in [5.74, 6) is -0.433. The molecule has 2 N–H and O–H groups in total. The van der Waals surface area contributed by atoms with Crippen LogP contribution in [0.2, 0.25) is 5.02 Å². The molecule has 1 aromatic rings. The summed E-state index contributed by atoms with van der Waals surface area (Å²) < 4.78 is 22.9. The molecule has 1 heterocycles. The van der Waals surface area contributed by atoms with E-state index in [4.69, 9.17) is 16.7 Å². The molecule has 1 aromatic carbocycles. The van der Waals surface area contributed by atoms with Crippen molar-refractivity contribution in [1.82, 2.24) is 4.90 Å². The van der Waals surface area contributed by atoms with E-state index < -0.39 is 10.0 Å². The Kier molecular flexibility index (Phi) is 4.73. The minimum atomic E-state index is -3.54. The predicted molar refractivity (Wildman–Crippen MR) is 80.7 cm³/mol. The van der Waals surface area contributed by atoms with E-state index in [0.29, 0.717) is 18.1 Å². The second kappa shape index (κ2) is 6.01. The second-order valence-electron chi connectivity index (χ2n) is 4.92. The third-order valence-corrected chi connectivity index (χ3v) is 5.27. The number of hydrogen-bond donors (Lipinski definition) is 1. The molecule has 1 amide bonds. The van der Waals surface area contributed by atoms with Gasteiger partial charge in [-0.1, -0.05) is 17.7 Å². The minimum Gasteiger partial charge on any atom is -0.338 e. The van der Waals surface area contributed by atoms with Gasteiger partial charge in [0.25, 0.3) is 0 Å². The van der Waals surface area contributed by atoms with Gasteiger partial charge in [-0.2, -0.15) is 0 Å². The molecule has 0 aromatic heterocycles. The molecule has 1 saturated heterocycles. The molecule has 110 valence electrons.